The third-order valence-electron chi connectivity index (χ3n) is 1.40. The Morgan fingerprint density at radius 2 is 1.91 bits per heavy atom. The first-order chi connectivity index (χ1) is 4.79. The Balaban J connectivity index is 0. The number of benzene rings is 1. The SMILES string of the molecule is CC(N)Cc1ccccc1.[H-].[K+]. The molecule has 0 fully saturated rings. The van der Waals surface area contributed by atoms with Gasteiger partial charge in [0.2, 0.25) is 0 Å². The Labute approximate surface area is 112 Å². The first kappa shape index (κ1) is 11.8. The zero-order valence-corrected chi connectivity index (χ0v) is 10.4. The molecule has 1 nitrogen and oxygen atoms in total. The first-order valence-electron chi connectivity index (χ1n) is 3.58. The van der Waals surface area contributed by atoms with E-state index in [4.69, 9.17) is 5.73 Å². The van der Waals surface area contributed by atoms with Gasteiger partial charge in [-0.25, -0.2) is 0 Å². The second kappa shape index (κ2) is 6.35. The quantitative estimate of drug-likeness (QED) is 0.555. The summed E-state index contributed by atoms with van der Waals surface area (Å²) in [4.78, 5) is 0. The molecule has 0 aliphatic rings. The Hall–Kier alpha value is 0.816. The zero-order valence-electron chi connectivity index (χ0n) is 8.25. The Bertz CT molecular complexity index is 189. The maximum absolute atomic E-state index is 5.62. The molecule has 0 spiro atoms. The minimum absolute atomic E-state index is 0. The average Bonchev–Trinajstić information content (AvgIpc) is 1.88. The van der Waals surface area contributed by atoms with E-state index in [1.807, 2.05) is 25.1 Å². The molecule has 1 rings (SSSR count). The maximum atomic E-state index is 5.62. The van der Waals surface area contributed by atoms with E-state index in [2.05, 4.69) is 12.1 Å². The van der Waals surface area contributed by atoms with Crippen molar-refractivity contribution in [3.63, 3.8) is 0 Å². The topological polar surface area (TPSA) is 26.0 Å². The van der Waals surface area contributed by atoms with Crippen molar-refractivity contribution in [2.24, 2.45) is 5.73 Å². The van der Waals surface area contributed by atoms with Crippen molar-refractivity contribution in [3.05, 3.63) is 35.9 Å². The summed E-state index contributed by atoms with van der Waals surface area (Å²) in [5.41, 5.74) is 6.94. The summed E-state index contributed by atoms with van der Waals surface area (Å²) in [5.74, 6) is 0. The van der Waals surface area contributed by atoms with Crippen molar-refractivity contribution in [1.82, 2.24) is 0 Å². The monoisotopic (exact) mass is 175 g/mol. The molecule has 2 heteroatoms. The van der Waals surface area contributed by atoms with E-state index in [-0.39, 0.29) is 58.9 Å². The van der Waals surface area contributed by atoms with Gasteiger partial charge in [-0.05, 0) is 18.9 Å². The van der Waals surface area contributed by atoms with Crippen molar-refractivity contribution in [3.8, 4) is 0 Å². The Kier molecular flexibility index (Phi) is 6.82. The minimum atomic E-state index is 0. The molecule has 0 radical (unpaired) electrons. The summed E-state index contributed by atoms with van der Waals surface area (Å²) in [6, 6.07) is 10.6. The third-order valence-corrected chi connectivity index (χ3v) is 1.40. The molecule has 0 heterocycles. The van der Waals surface area contributed by atoms with Gasteiger partial charge in [-0.1, -0.05) is 30.3 Å². The summed E-state index contributed by atoms with van der Waals surface area (Å²) in [6.07, 6.45) is 0.973. The summed E-state index contributed by atoms with van der Waals surface area (Å²) >= 11 is 0. The molecule has 1 aromatic carbocycles. The fourth-order valence-electron chi connectivity index (χ4n) is 0.986. The summed E-state index contributed by atoms with van der Waals surface area (Å²) in [7, 11) is 0. The van der Waals surface area contributed by atoms with Crippen LogP contribution in [-0.4, -0.2) is 6.04 Å². The third kappa shape index (κ3) is 5.12. The van der Waals surface area contributed by atoms with Gasteiger partial charge in [-0.3, -0.25) is 0 Å². The van der Waals surface area contributed by atoms with Gasteiger partial charge >= 0.3 is 51.4 Å². The molecule has 2 N–H and O–H groups in total. The molecular weight excluding hydrogens is 161 g/mol. The maximum Gasteiger partial charge on any atom is 1.00 e. The average molecular weight is 175 g/mol. The van der Waals surface area contributed by atoms with Gasteiger partial charge in [0.1, 0.15) is 0 Å². The number of nitrogens with two attached hydrogens (primary N) is 1. The molecule has 0 saturated heterocycles. The normalized spacial score (nSPS) is 11.8. The van der Waals surface area contributed by atoms with Gasteiger partial charge < -0.3 is 7.16 Å². The van der Waals surface area contributed by atoms with Crippen LogP contribution in [-0.2, 0) is 6.42 Å². The molecular formula is C9H14KN. The predicted molar refractivity (Wildman–Crippen MR) is 44.9 cm³/mol. The van der Waals surface area contributed by atoms with Crippen LogP contribution in [0.1, 0.15) is 13.9 Å². The second-order valence-electron chi connectivity index (χ2n) is 2.67. The molecule has 0 saturated carbocycles. The fourth-order valence-corrected chi connectivity index (χ4v) is 0.986. The molecule has 0 aromatic heterocycles. The minimum Gasteiger partial charge on any atom is -1.00 e. The van der Waals surface area contributed by atoms with Crippen molar-refractivity contribution < 1.29 is 52.8 Å². The van der Waals surface area contributed by atoms with Crippen LogP contribution in [0.3, 0.4) is 0 Å². The Morgan fingerprint density at radius 1 is 1.36 bits per heavy atom. The fraction of sp³-hybridized carbons (Fsp3) is 0.333. The van der Waals surface area contributed by atoms with Gasteiger partial charge in [-0.2, -0.15) is 0 Å². The molecule has 1 atom stereocenters. The molecule has 0 aliphatic carbocycles. The van der Waals surface area contributed by atoms with Crippen LogP contribution in [0.5, 0.6) is 0 Å². The van der Waals surface area contributed by atoms with E-state index in [1.165, 1.54) is 5.56 Å². The zero-order chi connectivity index (χ0) is 7.40. The molecule has 0 bridgehead atoms. The first-order valence-corrected chi connectivity index (χ1v) is 3.58. The van der Waals surface area contributed by atoms with Gasteiger partial charge in [0, 0.05) is 6.04 Å². The number of hydrogen-bond acceptors (Lipinski definition) is 1. The van der Waals surface area contributed by atoms with Gasteiger partial charge in [-0.15, -0.1) is 0 Å². The smallest absolute Gasteiger partial charge is 1.00 e. The second-order valence-corrected chi connectivity index (χ2v) is 2.67. The number of rotatable bonds is 2. The van der Waals surface area contributed by atoms with Gasteiger partial charge in [0.25, 0.3) is 0 Å². The molecule has 0 amide bonds. The van der Waals surface area contributed by atoms with Crippen LogP contribution in [0.4, 0.5) is 0 Å². The van der Waals surface area contributed by atoms with E-state index in [0.717, 1.165) is 6.42 Å². The van der Waals surface area contributed by atoms with Gasteiger partial charge in [0.15, 0.2) is 0 Å². The summed E-state index contributed by atoms with van der Waals surface area (Å²) < 4.78 is 0. The largest absolute Gasteiger partial charge is 1.00 e. The Morgan fingerprint density at radius 3 is 2.36 bits per heavy atom. The van der Waals surface area contributed by atoms with Crippen molar-refractivity contribution in [1.29, 1.82) is 0 Å². The summed E-state index contributed by atoms with van der Waals surface area (Å²) in [5, 5.41) is 0. The molecule has 0 aliphatic heterocycles. The molecule has 11 heavy (non-hydrogen) atoms. The van der Waals surface area contributed by atoms with Crippen LogP contribution >= 0.6 is 0 Å². The predicted octanol–water partition coefficient (Wildman–Crippen LogP) is -1.31. The molecule has 56 valence electrons. The van der Waals surface area contributed by atoms with E-state index in [0.29, 0.717) is 0 Å². The van der Waals surface area contributed by atoms with E-state index in [9.17, 15) is 0 Å². The van der Waals surface area contributed by atoms with Gasteiger partial charge in [0.05, 0.1) is 0 Å². The van der Waals surface area contributed by atoms with Crippen molar-refractivity contribution in [2.45, 2.75) is 19.4 Å². The number of hydrogen-bond donors (Lipinski definition) is 1. The van der Waals surface area contributed by atoms with E-state index < -0.39 is 0 Å². The van der Waals surface area contributed by atoms with E-state index >= 15 is 0 Å². The van der Waals surface area contributed by atoms with Crippen LogP contribution in [0, 0.1) is 0 Å². The standard InChI is InChI=1S/C9H13N.K.H/c1-8(10)7-9-5-3-2-4-6-9;;/h2-6,8H,7,10H2,1H3;;/q;+1;-1. The van der Waals surface area contributed by atoms with Crippen LogP contribution < -0.4 is 57.1 Å². The van der Waals surface area contributed by atoms with Crippen molar-refractivity contribution >= 4 is 0 Å². The van der Waals surface area contributed by atoms with Crippen LogP contribution in [0.25, 0.3) is 0 Å². The van der Waals surface area contributed by atoms with Crippen LogP contribution in [0.15, 0.2) is 30.3 Å². The molecule has 1 aromatic rings. The molecule has 1 unspecified atom stereocenters. The van der Waals surface area contributed by atoms with Crippen LogP contribution in [0.2, 0.25) is 0 Å². The summed E-state index contributed by atoms with van der Waals surface area (Å²) in [6.45, 7) is 2.02. The van der Waals surface area contributed by atoms with Crippen molar-refractivity contribution in [2.75, 3.05) is 0 Å². The van der Waals surface area contributed by atoms with E-state index in [1.54, 1.807) is 0 Å².